The molecule has 0 aliphatic rings. The molecule has 0 atom stereocenters. The van der Waals surface area contributed by atoms with Crippen LogP contribution in [0.3, 0.4) is 0 Å². The summed E-state index contributed by atoms with van der Waals surface area (Å²) in [5, 5.41) is 14.5. The lowest BCUT2D eigenvalue weighted by Crippen LogP contribution is -2.11. The van der Waals surface area contributed by atoms with Crippen LogP contribution in [0.25, 0.3) is 0 Å². The Kier molecular flexibility index (Phi) is 5.86. The van der Waals surface area contributed by atoms with Crippen LogP contribution >= 0.6 is 22.9 Å². The maximum atomic E-state index is 13.4. The van der Waals surface area contributed by atoms with Gasteiger partial charge in [-0.25, -0.2) is 4.98 Å². The fraction of sp³-hybridized carbons (Fsp3) is 0.111. The summed E-state index contributed by atoms with van der Waals surface area (Å²) in [6.45, 7) is 1.84. The molecule has 3 aromatic rings. The number of aromatic nitrogens is 1. The number of nitro groups is 1. The van der Waals surface area contributed by atoms with Crippen LogP contribution in [0.5, 0.6) is 5.75 Å². The van der Waals surface area contributed by atoms with E-state index < -0.39 is 22.3 Å². The molecule has 1 aromatic heterocycles. The number of thiazole rings is 1. The van der Waals surface area contributed by atoms with Crippen LogP contribution < -0.4 is 10.1 Å². The number of hydrogen-bond donors (Lipinski definition) is 1. The fourth-order valence-corrected chi connectivity index (χ4v) is 3.32. The van der Waals surface area contributed by atoms with Crippen molar-refractivity contribution in [1.29, 1.82) is 0 Å². The van der Waals surface area contributed by atoms with Crippen LogP contribution in [-0.4, -0.2) is 15.8 Å². The third-order valence-electron chi connectivity index (χ3n) is 3.62. The van der Waals surface area contributed by atoms with E-state index >= 15 is 0 Å². The summed E-state index contributed by atoms with van der Waals surface area (Å²) < 4.78 is 19.0. The maximum absolute atomic E-state index is 13.4. The molecule has 3 rings (SSSR count). The number of ether oxygens (including phenoxy) is 1. The van der Waals surface area contributed by atoms with Crippen LogP contribution in [-0.2, 0) is 6.61 Å². The number of nitrogens with zero attached hydrogens (tertiary/aromatic N) is 2. The Morgan fingerprint density at radius 1 is 1.32 bits per heavy atom. The molecule has 0 aliphatic carbocycles. The Bertz CT molecular complexity index is 1040. The minimum atomic E-state index is -0.974. The van der Waals surface area contributed by atoms with E-state index in [9.17, 15) is 19.3 Å². The molecule has 0 saturated carbocycles. The third-order valence-corrected chi connectivity index (χ3v) is 5.01. The lowest BCUT2D eigenvalue weighted by Gasteiger charge is -2.04. The van der Waals surface area contributed by atoms with E-state index in [-0.39, 0.29) is 12.3 Å². The summed E-state index contributed by atoms with van der Waals surface area (Å²) in [6, 6.07) is 9.99. The predicted molar refractivity (Wildman–Crippen MR) is 104 cm³/mol. The van der Waals surface area contributed by atoms with Crippen molar-refractivity contribution in [3.05, 3.63) is 79.0 Å². The van der Waals surface area contributed by atoms with E-state index in [0.29, 0.717) is 26.4 Å². The monoisotopic (exact) mass is 421 g/mol. The molecular formula is C18H13ClFN3O4S. The smallest absolute Gasteiger partial charge is 0.306 e. The summed E-state index contributed by atoms with van der Waals surface area (Å²) in [6.07, 6.45) is 0. The fourth-order valence-electron chi connectivity index (χ4n) is 2.32. The lowest BCUT2D eigenvalue weighted by molar-refractivity contribution is -0.387. The molecule has 10 heteroatoms. The quantitative estimate of drug-likeness (QED) is 0.447. The van der Waals surface area contributed by atoms with Gasteiger partial charge in [-0.2, -0.15) is 4.39 Å². The number of halogens is 2. The topological polar surface area (TPSA) is 94.4 Å². The second kappa shape index (κ2) is 8.32. The van der Waals surface area contributed by atoms with Gasteiger partial charge in [0.2, 0.25) is 5.82 Å². The average molecular weight is 422 g/mol. The van der Waals surface area contributed by atoms with Gasteiger partial charge in [0.1, 0.15) is 22.2 Å². The van der Waals surface area contributed by atoms with Crippen molar-refractivity contribution in [3.8, 4) is 5.75 Å². The highest BCUT2D eigenvalue weighted by molar-refractivity contribution is 7.13. The maximum Gasteiger partial charge on any atom is 0.306 e. The van der Waals surface area contributed by atoms with E-state index in [4.69, 9.17) is 16.3 Å². The van der Waals surface area contributed by atoms with E-state index in [1.807, 2.05) is 0 Å². The van der Waals surface area contributed by atoms with Crippen LogP contribution in [0.2, 0.25) is 5.02 Å². The molecule has 1 amide bonds. The summed E-state index contributed by atoms with van der Waals surface area (Å²) in [5.74, 6) is -0.853. The van der Waals surface area contributed by atoms with Crippen LogP contribution in [0.15, 0.2) is 42.5 Å². The van der Waals surface area contributed by atoms with Crippen molar-refractivity contribution in [1.82, 2.24) is 4.98 Å². The summed E-state index contributed by atoms with van der Waals surface area (Å²) in [5.41, 5.74) is -0.102. The molecule has 0 radical (unpaired) electrons. The molecule has 0 spiro atoms. The number of hydrogen-bond acceptors (Lipinski definition) is 6. The first-order valence-corrected chi connectivity index (χ1v) is 9.13. The Morgan fingerprint density at radius 2 is 2.04 bits per heavy atom. The van der Waals surface area contributed by atoms with Gasteiger partial charge in [0.15, 0.2) is 0 Å². The van der Waals surface area contributed by atoms with Gasteiger partial charge >= 0.3 is 5.69 Å². The summed E-state index contributed by atoms with van der Waals surface area (Å²) in [7, 11) is 0. The molecule has 1 N–H and O–H groups in total. The van der Waals surface area contributed by atoms with Gasteiger partial charge in [0.25, 0.3) is 5.91 Å². The van der Waals surface area contributed by atoms with Crippen LogP contribution in [0.1, 0.15) is 20.4 Å². The standard InChI is InChI=1S/C18H13ClFN3O4S/c1-10-17(18(24)22-12-4-7-14(20)15(8-12)23(25)26)28-16(21-10)9-27-13-5-2-11(19)3-6-13/h2-8H,9H2,1H3,(H,22,24). The van der Waals surface area contributed by atoms with Gasteiger partial charge in [-0.3, -0.25) is 14.9 Å². The van der Waals surface area contributed by atoms with Crippen molar-refractivity contribution in [3.63, 3.8) is 0 Å². The minimum absolute atomic E-state index is 0.116. The van der Waals surface area contributed by atoms with E-state index in [0.717, 1.165) is 23.5 Å². The number of carbonyl (C=O) groups is 1. The van der Waals surface area contributed by atoms with Crippen molar-refractivity contribution < 1.29 is 18.8 Å². The molecule has 0 bridgehead atoms. The average Bonchev–Trinajstić information content (AvgIpc) is 3.03. The van der Waals surface area contributed by atoms with Crippen molar-refractivity contribution in [2.75, 3.05) is 5.32 Å². The van der Waals surface area contributed by atoms with E-state index in [2.05, 4.69) is 10.3 Å². The zero-order valence-electron chi connectivity index (χ0n) is 14.4. The second-order valence-electron chi connectivity index (χ2n) is 5.64. The first-order valence-electron chi connectivity index (χ1n) is 7.93. The number of nitrogens with one attached hydrogen (secondary N) is 1. The molecule has 0 fully saturated rings. The molecular weight excluding hydrogens is 409 g/mol. The normalized spacial score (nSPS) is 10.5. The molecule has 0 aliphatic heterocycles. The largest absolute Gasteiger partial charge is 0.486 e. The highest BCUT2D eigenvalue weighted by atomic mass is 35.5. The molecule has 0 saturated heterocycles. The molecule has 0 unspecified atom stereocenters. The Labute approximate surface area is 167 Å². The van der Waals surface area contributed by atoms with Crippen molar-refractivity contribution in [2.45, 2.75) is 13.5 Å². The van der Waals surface area contributed by atoms with Crippen molar-refractivity contribution >= 4 is 40.2 Å². The summed E-state index contributed by atoms with van der Waals surface area (Å²) >= 11 is 6.96. The Balaban J connectivity index is 1.70. The Hall–Kier alpha value is -3.04. The first kappa shape index (κ1) is 19.7. The van der Waals surface area contributed by atoms with Crippen LogP contribution in [0, 0.1) is 22.9 Å². The van der Waals surface area contributed by atoms with Gasteiger partial charge in [-0.1, -0.05) is 11.6 Å². The zero-order chi connectivity index (χ0) is 20.3. The molecule has 2 aromatic carbocycles. The predicted octanol–water partition coefficient (Wildman–Crippen LogP) is 4.98. The second-order valence-corrected chi connectivity index (χ2v) is 7.16. The number of anilines is 1. The zero-order valence-corrected chi connectivity index (χ0v) is 16.0. The highest BCUT2D eigenvalue weighted by Gasteiger charge is 2.19. The number of benzene rings is 2. The number of aryl methyl sites for hydroxylation is 1. The first-order chi connectivity index (χ1) is 13.3. The van der Waals surface area contributed by atoms with Crippen LogP contribution in [0.4, 0.5) is 15.8 Å². The highest BCUT2D eigenvalue weighted by Crippen LogP contribution is 2.25. The Morgan fingerprint density at radius 3 is 2.71 bits per heavy atom. The number of nitro benzene ring substituents is 1. The van der Waals surface area contributed by atoms with E-state index in [1.54, 1.807) is 31.2 Å². The minimum Gasteiger partial charge on any atom is -0.486 e. The summed E-state index contributed by atoms with van der Waals surface area (Å²) in [4.78, 5) is 27.1. The van der Waals surface area contributed by atoms with Gasteiger partial charge in [0.05, 0.1) is 10.6 Å². The number of amides is 1. The SMILES string of the molecule is Cc1nc(COc2ccc(Cl)cc2)sc1C(=O)Nc1ccc(F)c([N+](=O)[O-])c1. The number of carbonyl (C=O) groups excluding carboxylic acids is 1. The molecule has 144 valence electrons. The van der Waals surface area contributed by atoms with Gasteiger partial charge in [0, 0.05) is 16.8 Å². The third kappa shape index (κ3) is 4.62. The molecule has 28 heavy (non-hydrogen) atoms. The number of rotatable bonds is 6. The van der Waals surface area contributed by atoms with Gasteiger partial charge in [-0.05, 0) is 43.3 Å². The lowest BCUT2D eigenvalue weighted by atomic mass is 10.2. The van der Waals surface area contributed by atoms with Gasteiger partial charge < -0.3 is 10.1 Å². The van der Waals surface area contributed by atoms with Crippen molar-refractivity contribution in [2.24, 2.45) is 0 Å². The molecule has 7 nitrogen and oxygen atoms in total. The van der Waals surface area contributed by atoms with Gasteiger partial charge in [-0.15, -0.1) is 11.3 Å². The molecule has 1 heterocycles. The van der Waals surface area contributed by atoms with E-state index in [1.165, 1.54) is 6.07 Å².